The third kappa shape index (κ3) is 3.50. The van der Waals surface area contributed by atoms with Crippen LogP contribution in [0.1, 0.15) is 77.7 Å². The Hall–Kier alpha value is -1.84. The predicted octanol–water partition coefficient (Wildman–Crippen LogP) is 6.06. The minimum absolute atomic E-state index is 0.0189. The van der Waals surface area contributed by atoms with Crippen molar-refractivity contribution >= 4 is 11.5 Å². The molecular formula is C27H37NO3. The Morgan fingerprint density at radius 2 is 2.06 bits per heavy atom. The van der Waals surface area contributed by atoms with Crippen LogP contribution in [0.2, 0.25) is 0 Å². The lowest BCUT2D eigenvalue weighted by molar-refractivity contribution is -0.147. The number of carbonyl (C=O) groups excluding carboxylic acids is 1. The van der Waals surface area contributed by atoms with Gasteiger partial charge in [-0.05, 0) is 104 Å². The zero-order chi connectivity index (χ0) is 21.6. The molecule has 2 saturated carbocycles. The molecule has 0 radical (unpaired) electrons. The maximum absolute atomic E-state index is 12.1. The Labute approximate surface area is 186 Å². The summed E-state index contributed by atoms with van der Waals surface area (Å²) in [4.78, 5) is 16.6. The van der Waals surface area contributed by atoms with Gasteiger partial charge in [0.15, 0.2) is 0 Å². The molecule has 31 heavy (non-hydrogen) atoms. The highest BCUT2D eigenvalue weighted by molar-refractivity contribution is 5.73. The molecule has 168 valence electrons. The number of esters is 1. The number of fused-ring (bicyclic) bond motifs is 6. The van der Waals surface area contributed by atoms with Gasteiger partial charge >= 0.3 is 5.97 Å². The van der Waals surface area contributed by atoms with Gasteiger partial charge in [-0.25, -0.2) is 0 Å². The number of allylic oxidation sites excluding steroid dienone is 2. The van der Waals surface area contributed by atoms with Gasteiger partial charge in [0.2, 0.25) is 0 Å². The van der Waals surface area contributed by atoms with E-state index in [-0.39, 0.29) is 11.4 Å². The average molecular weight is 424 g/mol. The summed E-state index contributed by atoms with van der Waals surface area (Å²) in [6.45, 7) is 8.42. The molecule has 4 aliphatic rings. The molecule has 2 heterocycles. The zero-order valence-electron chi connectivity index (χ0n) is 19.4. The maximum Gasteiger partial charge on any atom is 0.305 e. The summed E-state index contributed by atoms with van der Waals surface area (Å²) in [6.07, 6.45) is 15.3. The number of carbonyl (C=O) groups is 1. The molecule has 4 heteroatoms. The van der Waals surface area contributed by atoms with Gasteiger partial charge in [-0.3, -0.25) is 9.78 Å². The number of rotatable bonds is 3. The number of cyclic esters (lactones) is 1. The largest absolute Gasteiger partial charge is 0.492 e. The maximum atomic E-state index is 12.1. The number of hydrogen-bond donors (Lipinski definition) is 0. The molecule has 0 spiro atoms. The van der Waals surface area contributed by atoms with Crippen molar-refractivity contribution in [3.63, 3.8) is 0 Å². The van der Waals surface area contributed by atoms with Crippen molar-refractivity contribution < 1.29 is 14.3 Å². The highest BCUT2D eigenvalue weighted by atomic mass is 16.5. The number of ether oxygens (including phenoxy) is 2. The van der Waals surface area contributed by atoms with Gasteiger partial charge < -0.3 is 9.47 Å². The Kier molecular flexibility index (Phi) is 5.38. The first-order valence-electron chi connectivity index (χ1n) is 12.4. The van der Waals surface area contributed by atoms with E-state index in [2.05, 4.69) is 31.0 Å². The van der Waals surface area contributed by atoms with E-state index in [1.165, 1.54) is 43.2 Å². The van der Waals surface area contributed by atoms with Crippen LogP contribution in [0.25, 0.3) is 5.57 Å². The molecule has 6 atom stereocenters. The monoisotopic (exact) mass is 423 g/mol. The van der Waals surface area contributed by atoms with Crippen LogP contribution in [-0.2, 0) is 9.53 Å². The Morgan fingerprint density at radius 1 is 1.19 bits per heavy atom. The lowest BCUT2D eigenvalue weighted by Gasteiger charge is -2.56. The number of hydrogen-bond acceptors (Lipinski definition) is 4. The first kappa shape index (κ1) is 21.0. The van der Waals surface area contributed by atoms with Crippen LogP contribution in [-0.4, -0.2) is 24.2 Å². The van der Waals surface area contributed by atoms with Crippen LogP contribution < -0.4 is 4.74 Å². The standard InChI is InChI=1S/C27H37NO3/c1-4-30-21-14-20(15-28-16-21)22-6-7-24-26(2)11-9-18-13-19(5-8-25(29)31-17-18)23(26)10-12-27(22,24)3/h6,14-16,18-19,23-24H,4-5,7-13,17H2,1-3H3/t18-,19-,23-,24+,26-,27-/m1/s1. The molecule has 0 aromatic carbocycles. The summed E-state index contributed by atoms with van der Waals surface area (Å²) in [5.41, 5.74) is 3.22. The van der Waals surface area contributed by atoms with E-state index < -0.39 is 0 Å². The second-order valence-corrected chi connectivity index (χ2v) is 10.9. The van der Waals surface area contributed by atoms with Gasteiger partial charge in [0, 0.05) is 12.6 Å². The van der Waals surface area contributed by atoms with E-state index in [0.29, 0.717) is 42.8 Å². The molecule has 3 fully saturated rings. The van der Waals surface area contributed by atoms with Gasteiger partial charge in [-0.1, -0.05) is 19.9 Å². The van der Waals surface area contributed by atoms with Crippen molar-refractivity contribution in [1.82, 2.24) is 4.98 Å². The molecule has 0 N–H and O–H groups in total. The highest BCUT2D eigenvalue weighted by Gasteiger charge is 2.58. The first-order chi connectivity index (χ1) is 14.9. The summed E-state index contributed by atoms with van der Waals surface area (Å²) in [7, 11) is 0. The van der Waals surface area contributed by atoms with Crippen molar-refractivity contribution in [3.8, 4) is 5.75 Å². The molecular weight excluding hydrogens is 386 g/mol. The number of nitrogens with zero attached hydrogens (tertiary/aromatic N) is 1. The topological polar surface area (TPSA) is 48.4 Å². The van der Waals surface area contributed by atoms with E-state index in [4.69, 9.17) is 9.47 Å². The fourth-order valence-electron chi connectivity index (χ4n) is 7.94. The summed E-state index contributed by atoms with van der Waals surface area (Å²) >= 11 is 0. The fraction of sp³-hybridized carbons (Fsp3) is 0.704. The molecule has 1 aromatic rings. The van der Waals surface area contributed by atoms with Crippen molar-refractivity contribution in [2.45, 2.75) is 72.1 Å². The minimum Gasteiger partial charge on any atom is -0.492 e. The van der Waals surface area contributed by atoms with Crippen molar-refractivity contribution in [2.24, 2.45) is 34.5 Å². The third-order valence-corrected chi connectivity index (χ3v) is 9.39. The first-order valence-corrected chi connectivity index (χ1v) is 12.4. The predicted molar refractivity (Wildman–Crippen MR) is 121 cm³/mol. The minimum atomic E-state index is 0.0189. The summed E-state index contributed by atoms with van der Waals surface area (Å²) < 4.78 is 11.3. The van der Waals surface area contributed by atoms with Crippen molar-refractivity contribution in [3.05, 3.63) is 30.1 Å². The Bertz CT molecular complexity index is 879. The molecule has 2 bridgehead atoms. The number of pyridine rings is 1. The molecule has 3 aliphatic carbocycles. The Morgan fingerprint density at radius 3 is 2.90 bits per heavy atom. The van der Waals surface area contributed by atoms with Crippen LogP contribution >= 0.6 is 0 Å². The van der Waals surface area contributed by atoms with Crippen LogP contribution in [0.3, 0.4) is 0 Å². The Balaban J connectivity index is 1.45. The van der Waals surface area contributed by atoms with E-state index in [1.807, 2.05) is 19.3 Å². The molecule has 5 rings (SSSR count). The van der Waals surface area contributed by atoms with E-state index in [0.717, 1.165) is 24.5 Å². The van der Waals surface area contributed by atoms with Gasteiger partial charge in [-0.2, -0.15) is 0 Å². The highest BCUT2D eigenvalue weighted by Crippen LogP contribution is 2.67. The molecule has 4 nitrogen and oxygen atoms in total. The van der Waals surface area contributed by atoms with E-state index >= 15 is 0 Å². The summed E-state index contributed by atoms with van der Waals surface area (Å²) in [6, 6.07) is 2.18. The van der Waals surface area contributed by atoms with Gasteiger partial charge in [0.05, 0.1) is 19.4 Å². The lowest BCUT2D eigenvalue weighted by atomic mass is 9.48. The van der Waals surface area contributed by atoms with E-state index in [9.17, 15) is 4.79 Å². The van der Waals surface area contributed by atoms with Crippen LogP contribution in [0.5, 0.6) is 5.75 Å². The molecule has 1 saturated heterocycles. The second kappa shape index (κ2) is 7.94. The smallest absolute Gasteiger partial charge is 0.305 e. The number of aromatic nitrogens is 1. The zero-order valence-corrected chi connectivity index (χ0v) is 19.4. The average Bonchev–Trinajstić information content (AvgIpc) is 3.02. The quantitative estimate of drug-likeness (QED) is 0.555. The van der Waals surface area contributed by atoms with Crippen molar-refractivity contribution in [2.75, 3.05) is 13.2 Å². The van der Waals surface area contributed by atoms with Gasteiger partial charge in [0.25, 0.3) is 0 Å². The normalized spacial score (nSPS) is 39.8. The molecule has 0 unspecified atom stereocenters. The molecule has 1 aromatic heterocycles. The molecule has 0 amide bonds. The van der Waals surface area contributed by atoms with Crippen LogP contribution in [0, 0.1) is 34.5 Å². The lowest BCUT2D eigenvalue weighted by Crippen LogP contribution is -2.49. The SMILES string of the molecule is CCOc1cncc(C2=CC[C@H]3[C@]4(C)CC[C@H]5COC(=O)CC[C@H](C5)[C@H]4CC[C@]23C)c1. The van der Waals surface area contributed by atoms with Crippen molar-refractivity contribution in [1.29, 1.82) is 0 Å². The van der Waals surface area contributed by atoms with Gasteiger partial charge in [0.1, 0.15) is 5.75 Å². The van der Waals surface area contributed by atoms with E-state index in [1.54, 1.807) is 0 Å². The third-order valence-electron chi connectivity index (χ3n) is 9.39. The van der Waals surface area contributed by atoms with Crippen LogP contribution in [0.4, 0.5) is 0 Å². The second-order valence-electron chi connectivity index (χ2n) is 10.9. The summed E-state index contributed by atoms with van der Waals surface area (Å²) in [5.74, 6) is 3.48. The summed E-state index contributed by atoms with van der Waals surface area (Å²) in [5, 5.41) is 0. The molecule has 1 aliphatic heterocycles. The fourth-order valence-corrected chi connectivity index (χ4v) is 7.94. The van der Waals surface area contributed by atoms with Crippen LogP contribution in [0.15, 0.2) is 24.5 Å². The van der Waals surface area contributed by atoms with Gasteiger partial charge in [-0.15, -0.1) is 0 Å².